The normalized spacial score (nSPS) is 29.3. The van der Waals surface area contributed by atoms with Crippen molar-refractivity contribution in [2.45, 2.75) is 24.9 Å². The van der Waals surface area contributed by atoms with Gasteiger partial charge in [-0.3, -0.25) is 9.80 Å². The van der Waals surface area contributed by atoms with E-state index in [1.807, 2.05) is 24.3 Å². The van der Waals surface area contributed by atoms with Crippen LogP contribution in [0.5, 0.6) is 5.75 Å². The molecular formula is C18H25ClN2O2. The summed E-state index contributed by atoms with van der Waals surface area (Å²) in [5.41, 5.74) is 0. The molecule has 0 unspecified atom stereocenters. The molecule has 1 saturated carbocycles. The van der Waals surface area contributed by atoms with Crippen LogP contribution in [0.1, 0.15) is 12.8 Å². The number of hydrogen-bond donors (Lipinski definition) is 0. The van der Waals surface area contributed by atoms with Crippen LogP contribution in [0.15, 0.2) is 24.3 Å². The molecule has 2 heterocycles. The Balaban J connectivity index is 1.24. The Hall–Kier alpha value is -0.810. The molecule has 2 aliphatic heterocycles. The molecule has 0 N–H and O–H groups in total. The minimum atomic E-state index is 0.568. The number of hydrogen-bond acceptors (Lipinski definition) is 4. The number of ether oxygens (including phenoxy) is 2. The van der Waals surface area contributed by atoms with E-state index in [0.717, 1.165) is 56.1 Å². The second kappa shape index (κ2) is 6.98. The zero-order valence-corrected chi connectivity index (χ0v) is 14.3. The van der Waals surface area contributed by atoms with E-state index in [-0.39, 0.29) is 0 Å². The molecule has 3 fully saturated rings. The molecule has 2 atom stereocenters. The van der Waals surface area contributed by atoms with E-state index in [9.17, 15) is 0 Å². The predicted molar refractivity (Wildman–Crippen MR) is 91.2 cm³/mol. The van der Waals surface area contributed by atoms with Crippen LogP contribution in [0.25, 0.3) is 0 Å². The van der Waals surface area contributed by atoms with Crippen LogP contribution in [0, 0.1) is 5.92 Å². The van der Waals surface area contributed by atoms with Crippen molar-refractivity contribution in [2.24, 2.45) is 5.92 Å². The van der Waals surface area contributed by atoms with Crippen molar-refractivity contribution >= 4 is 11.6 Å². The van der Waals surface area contributed by atoms with Gasteiger partial charge in [0.1, 0.15) is 12.4 Å². The van der Waals surface area contributed by atoms with Gasteiger partial charge in [0.25, 0.3) is 0 Å². The number of fused-ring (bicyclic) bond motifs is 1. The maximum atomic E-state index is 5.89. The molecule has 4 nitrogen and oxygen atoms in total. The smallest absolute Gasteiger partial charge is 0.119 e. The van der Waals surface area contributed by atoms with Crippen LogP contribution in [-0.4, -0.2) is 67.9 Å². The molecule has 2 saturated heterocycles. The van der Waals surface area contributed by atoms with Gasteiger partial charge in [-0.15, -0.1) is 0 Å². The Bertz CT molecular complexity index is 520. The molecule has 5 heteroatoms. The van der Waals surface area contributed by atoms with Gasteiger partial charge in [0.15, 0.2) is 0 Å². The highest BCUT2D eigenvalue weighted by Gasteiger charge is 2.42. The molecule has 0 spiro atoms. The number of halogens is 1. The fraction of sp³-hybridized carbons (Fsp3) is 0.667. The van der Waals surface area contributed by atoms with Crippen LogP contribution in [0.3, 0.4) is 0 Å². The lowest BCUT2D eigenvalue weighted by Gasteiger charge is -2.48. The molecule has 1 aromatic rings. The van der Waals surface area contributed by atoms with Crippen molar-refractivity contribution in [1.82, 2.24) is 9.80 Å². The van der Waals surface area contributed by atoms with Crippen molar-refractivity contribution in [2.75, 3.05) is 46.0 Å². The third-order valence-electron chi connectivity index (χ3n) is 5.29. The highest BCUT2D eigenvalue weighted by atomic mass is 35.5. The SMILES string of the molecule is Clc1ccc(OCCN2CCN3[C@@H](COC[C@@H]3C3CC3)C2)cc1. The summed E-state index contributed by atoms with van der Waals surface area (Å²) in [5, 5.41) is 0.746. The number of nitrogens with zero attached hydrogens (tertiary/aromatic N) is 2. The van der Waals surface area contributed by atoms with Gasteiger partial charge in [-0.2, -0.15) is 0 Å². The van der Waals surface area contributed by atoms with Crippen LogP contribution >= 0.6 is 11.6 Å². The van der Waals surface area contributed by atoms with Gasteiger partial charge in [-0.25, -0.2) is 0 Å². The van der Waals surface area contributed by atoms with Gasteiger partial charge in [0, 0.05) is 43.3 Å². The quantitative estimate of drug-likeness (QED) is 0.825. The summed E-state index contributed by atoms with van der Waals surface area (Å²) in [7, 11) is 0. The van der Waals surface area contributed by atoms with E-state index in [1.54, 1.807) is 0 Å². The lowest BCUT2D eigenvalue weighted by atomic mass is 10.0. The monoisotopic (exact) mass is 336 g/mol. The molecule has 3 aliphatic rings. The van der Waals surface area contributed by atoms with Gasteiger partial charge in [-0.1, -0.05) is 11.6 Å². The highest BCUT2D eigenvalue weighted by molar-refractivity contribution is 6.30. The fourth-order valence-corrected chi connectivity index (χ4v) is 3.98. The van der Waals surface area contributed by atoms with E-state index in [4.69, 9.17) is 21.1 Å². The molecule has 0 aromatic heterocycles. The molecule has 4 rings (SSSR count). The van der Waals surface area contributed by atoms with Gasteiger partial charge in [0.05, 0.1) is 13.2 Å². The van der Waals surface area contributed by atoms with Crippen molar-refractivity contribution in [3.63, 3.8) is 0 Å². The maximum Gasteiger partial charge on any atom is 0.119 e. The molecule has 1 aliphatic carbocycles. The van der Waals surface area contributed by atoms with Crippen LogP contribution in [0.2, 0.25) is 5.02 Å². The molecule has 126 valence electrons. The Labute approximate surface area is 143 Å². The number of rotatable bonds is 5. The summed E-state index contributed by atoms with van der Waals surface area (Å²) >= 11 is 5.89. The molecule has 0 amide bonds. The number of benzene rings is 1. The van der Waals surface area contributed by atoms with E-state index in [1.165, 1.54) is 19.4 Å². The first-order valence-electron chi connectivity index (χ1n) is 8.74. The van der Waals surface area contributed by atoms with E-state index < -0.39 is 0 Å². The van der Waals surface area contributed by atoms with Crippen molar-refractivity contribution in [3.05, 3.63) is 29.3 Å². The molecule has 0 radical (unpaired) electrons. The van der Waals surface area contributed by atoms with Gasteiger partial charge >= 0.3 is 0 Å². The number of piperazine rings is 1. The van der Waals surface area contributed by atoms with Crippen molar-refractivity contribution < 1.29 is 9.47 Å². The van der Waals surface area contributed by atoms with Crippen LogP contribution in [-0.2, 0) is 4.74 Å². The molecular weight excluding hydrogens is 312 g/mol. The Morgan fingerprint density at radius 2 is 1.96 bits per heavy atom. The summed E-state index contributed by atoms with van der Waals surface area (Å²) in [5.74, 6) is 1.79. The largest absolute Gasteiger partial charge is 0.492 e. The fourth-order valence-electron chi connectivity index (χ4n) is 3.85. The topological polar surface area (TPSA) is 24.9 Å². The van der Waals surface area contributed by atoms with E-state index in [0.29, 0.717) is 12.1 Å². The number of morpholine rings is 1. The van der Waals surface area contributed by atoms with Crippen molar-refractivity contribution in [3.8, 4) is 5.75 Å². The first kappa shape index (κ1) is 15.7. The molecule has 1 aromatic carbocycles. The first-order chi connectivity index (χ1) is 11.3. The van der Waals surface area contributed by atoms with Gasteiger partial charge < -0.3 is 9.47 Å². The molecule has 23 heavy (non-hydrogen) atoms. The van der Waals surface area contributed by atoms with Gasteiger partial charge in [0.2, 0.25) is 0 Å². The van der Waals surface area contributed by atoms with Crippen molar-refractivity contribution in [1.29, 1.82) is 0 Å². The Kier molecular flexibility index (Phi) is 4.76. The predicted octanol–water partition coefficient (Wildman–Crippen LogP) is 2.51. The second-order valence-electron chi connectivity index (χ2n) is 6.94. The third kappa shape index (κ3) is 3.82. The second-order valence-corrected chi connectivity index (χ2v) is 7.37. The lowest BCUT2D eigenvalue weighted by Crippen LogP contribution is -2.62. The lowest BCUT2D eigenvalue weighted by molar-refractivity contribution is -0.0876. The van der Waals surface area contributed by atoms with Crippen LogP contribution in [0.4, 0.5) is 0 Å². The summed E-state index contributed by atoms with van der Waals surface area (Å²) in [6.07, 6.45) is 2.80. The zero-order chi connectivity index (χ0) is 15.6. The third-order valence-corrected chi connectivity index (χ3v) is 5.55. The maximum absolute atomic E-state index is 5.89. The Morgan fingerprint density at radius 3 is 2.74 bits per heavy atom. The first-order valence-corrected chi connectivity index (χ1v) is 9.11. The standard InChI is InChI=1S/C18H25ClN2O2/c19-15-3-5-17(6-4-15)23-10-9-20-7-8-21-16(11-20)12-22-13-18(21)14-1-2-14/h3-6,14,16,18H,1-2,7-13H2/t16-,18-/m1/s1. The minimum absolute atomic E-state index is 0.568. The summed E-state index contributed by atoms with van der Waals surface area (Å²) < 4.78 is 11.7. The minimum Gasteiger partial charge on any atom is -0.492 e. The van der Waals surface area contributed by atoms with E-state index >= 15 is 0 Å². The Morgan fingerprint density at radius 1 is 1.13 bits per heavy atom. The van der Waals surface area contributed by atoms with Gasteiger partial charge in [-0.05, 0) is 43.0 Å². The zero-order valence-electron chi connectivity index (χ0n) is 13.5. The van der Waals surface area contributed by atoms with Crippen LogP contribution < -0.4 is 4.74 Å². The summed E-state index contributed by atoms with van der Waals surface area (Å²) in [6.45, 7) is 6.95. The highest BCUT2D eigenvalue weighted by Crippen LogP contribution is 2.38. The summed E-state index contributed by atoms with van der Waals surface area (Å²) in [4.78, 5) is 5.23. The molecule has 0 bridgehead atoms. The summed E-state index contributed by atoms with van der Waals surface area (Å²) in [6, 6.07) is 8.84. The average Bonchev–Trinajstić information content (AvgIpc) is 3.41. The average molecular weight is 337 g/mol. The van der Waals surface area contributed by atoms with E-state index in [2.05, 4.69) is 9.80 Å².